The summed E-state index contributed by atoms with van der Waals surface area (Å²) < 4.78 is 0. The van der Waals surface area contributed by atoms with Gasteiger partial charge in [0.15, 0.2) is 0 Å². The second-order valence-corrected chi connectivity index (χ2v) is 5.30. The molecule has 2 N–H and O–H groups in total. The molecule has 1 atom stereocenters. The lowest BCUT2D eigenvalue weighted by Crippen LogP contribution is -2.31. The lowest BCUT2D eigenvalue weighted by molar-refractivity contribution is 0.266. The van der Waals surface area contributed by atoms with E-state index in [0.29, 0.717) is 11.8 Å². The molecule has 2 rings (SSSR count). The highest BCUT2D eigenvalue weighted by Gasteiger charge is 2.19. The lowest BCUT2D eigenvalue weighted by Gasteiger charge is -2.28. The van der Waals surface area contributed by atoms with E-state index in [1.54, 1.807) is 12.1 Å². The zero-order valence-corrected chi connectivity index (χ0v) is 10.7. The number of nitrogens with one attached hydrogen (secondary N) is 1. The maximum atomic E-state index is 9.19. The molecule has 17 heavy (non-hydrogen) atoms. The molecular weight excluding hydrogens is 210 g/mol. The van der Waals surface area contributed by atoms with Crippen molar-refractivity contribution in [3.05, 3.63) is 29.8 Å². The van der Waals surface area contributed by atoms with Crippen molar-refractivity contribution in [2.24, 2.45) is 5.92 Å². The van der Waals surface area contributed by atoms with Crippen LogP contribution in [0.3, 0.4) is 0 Å². The summed E-state index contributed by atoms with van der Waals surface area (Å²) in [5, 5.41) is 12.8. The van der Waals surface area contributed by atoms with Crippen molar-refractivity contribution < 1.29 is 5.11 Å². The van der Waals surface area contributed by atoms with Crippen LogP contribution < -0.4 is 5.32 Å². The van der Waals surface area contributed by atoms with E-state index in [9.17, 15) is 5.11 Å². The third kappa shape index (κ3) is 4.04. The Labute approximate surface area is 104 Å². The van der Waals surface area contributed by atoms with Gasteiger partial charge in [-0.25, -0.2) is 0 Å². The molecule has 2 heteroatoms. The lowest BCUT2D eigenvalue weighted by atomic mass is 9.81. The number of phenols is 1. The van der Waals surface area contributed by atoms with Gasteiger partial charge in [0.05, 0.1) is 0 Å². The first-order chi connectivity index (χ1) is 8.24. The minimum absolute atomic E-state index is 0.347. The van der Waals surface area contributed by atoms with E-state index in [2.05, 4.69) is 12.2 Å². The summed E-state index contributed by atoms with van der Waals surface area (Å²) in [6, 6.07) is 8.14. The Kier molecular flexibility index (Phi) is 4.43. The second kappa shape index (κ2) is 6.06. The van der Waals surface area contributed by atoms with E-state index >= 15 is 0 Å². The fourth-order valence-electron chi connectivity index (χ4n) is 2.44. The average Bonchev–Trinajstić information content (AvgIpc) is 2.26. The molecule has 0 aromatic heterocycles. The van der Waals surface area contributed by atoms with Crippen LogP contribution in [-0.2, 0) is 6.42 Å². The predicted octanol–water partition coefficient (Wildman–Crippen LogP) is 3.10. The normalized spacial score (nSPS) is 17.7. The molecule has 0 aliphatic heterocycles. The monoisotopic (exact) mass is 233 g/mol. The van der Waals surface area contributed by atoms with Crippen molar-refractivity contribution in [1.29, 1.82) is 0 Å². The zero-order valence-electron chi connectivity index (χ0n) is 10.7. The van der Waals surface area contributed by atoms with Crippen LogP contribution in [0.25, 0.3) is 0 Å². The van der Waals surface area contributed by atoms with Gasteiger partial charge in [-0.2, -0.15) is 0 Å². The van der Waals surface area contributed by atoms with Gasteiger partial charge in [0.1, 0.15) is 5.75 Å². The fraction of sp³-hybridized carbons (Fsp3) is 0.600. The van der Waals surface area contributed by atoms with Gasteiger partial charge >= 0.3 is 0 Å². The molecule has 94 valence electrons. The van der Waals surface area contributed by atoms with Gasteiger partial charge in [-0.05, 0) is 49.9 Å². The number of hydrogen-bond donors (Lipinski definition) is 2. The summed E-state index contributed by atoms with van der Waals surface area (Å²) in [4.78, 5) is 0. The van der Waals surface area contributed by atoms with Crippen LogP contribution in [0, 0.1) is 5.92 Å². The van der Waals surface area contributed by atoms with E-state index in [0.717, 1.165) is 18.9 Å². The smallest absolute Gasteiger partial charge is 0.115 e. The number of rotatable bonds is 6. The maximum absolute atomic E-state index is 9.19. The van der Waals surface area contributed by atoms with E-state index in [-0.39, 0.29) is 0 Å². The first kappa shape index (κ1) is 12.4. The van der Waals surface area contributed by atoms with Crippen molar-refractivity contribution in [3.63, 3.8) is 0 Å². The number of hydrogen-bond acceptors (Lipinski definition) is 2. The molecule has 1 saturated carbocycles. The predicted molar refractivity (Wildman–Crippen MR) is 71.2 cm³/mol. The molecule has 1 aliphatic rings. The van der Waals surface area contributed by atoms with Gasteiger partial charge in [0.2, 0.25) is 0 Å². The van der Waals surface area contributed by atoms with Gasteiger partial charge in [-0.1, -0.05) is 31.4 Å². The molecule has 2 nitrogen and oxygen atoms in total. The highest BCUT2D eigenvalue weighted by molar-refractivity contribution is 5.25. The van der Waals surface area contributed by atoms with E-state index in [4.69, 9.17) is 0 Å². The third-order valence-electron chi connectivity index (χ3n) is 3.75. The van der Waals surface area contributed by atoms with Gasteiger partial charge in [0.25, 0.3) is 0 Å². The summed E-state index contributed by atoms with van der Waals surface area (Å²) in [6.45, 7) is 3.31. The summed E-state index contributed by atoms with van der Waals surface area (Å²) >= 11 is 0. The summed E-state index contributed by atoms with van der Waals surface area (Å²) in [5.74, 6) is 1.33. The summed E-state index contributed by atoms with van der Waals surface area (Å²) in [7, 11) is 0. The van der Waals surface area contributed by atoms with Crippen LogP contribution in [0.15, 0.2) is 24.3 Å². The minimum Gasteiger partial charge on any atom is -0.508 e. The second-order valence-electron chi connectivity index (χ2n) is 5.30. The minimum atomic E-state index is 0.347. The molecule has 0 bridgehead atoms. The molecule has 0 radical (unpaired) electrons. The van der Waals surface area contributed by atoms with Crippen molar-refractivity contribution in [2.75, 3.05) is 6.54 Å². The van der Waals surface area contributed by atoms with Crippen LogP contribution in [0.2, 0.25) is 0 Å². The largest absolute Gasteiger partial charge is 0.508 e. The zero-order chi connectivity index (χ0) is 12.1. The topological polar surface area (TPSA) is 32.3 Å². The van der Waals surface area contributed by atoms with Crippen LogP contribution in [0.4, 0.5) is 0 Å². The van der Waals surface area contributed by atoms with Crippen LogP contribution in [0.5, 0.6) is 5.75 Å². The van der Waals surface area contributed by atoms with E-state index in [1.165, 1.54) is 31.2 Å². The molecule has 1 aromatic carbocycles. The van der Waals surface area contributed by atoms with Crippen molar-refractivity contribution in [2.45, 2.75) is 45.1 Å². The first-order valence-electron chi connectivity index (χ1n) is 6.75. The Morgan fingerprint density at radius 1 is 1.29 bits per heavy atom. The number of phenolic OH excluding ortho intramolecular Hbond substituents is 1. The van der Waals surface area contributed by atoms with Gasteiger partial charge in [0, 0.05) is 6.04 Å². The highest BCUT2D eigenvalue weighted by Crippen LogP contribution is 2.30. The van der Waals surface area contributed by atoms with Gasteiger partial charge in [-0.15, -0.1) is 0 Å². The summed E-state index contributed by atoms with van der Waals surface area (Å²) in [5.41, 5.74) is 1.28. The van der Waals surface area contributed by atoms with Crippen LogP contribution in [0.1, 0.15) is 38.2 Å². The first-order valence-corrected chi connectivity index (χ1v) is 6.75. The van der Waals surface area contributed by atoms with Gasteiger partial charge < -0.3 is 10.4 Å². The van der Waals surface area contributed by atoms with Gasteiger partial charge in [-0.3, -0.25) is 0 Å². The third-order valence-corrected chi connectivity index (χ3v) is 3.75. The SMILES string of the molecule is CC(CC1CCC1)NCCc1ccc(O)cc1. The number of benzene rings is 1. The molecule has 0 saturated heterocycles. The molecule has 1 fully saturated rings. The molecule has 1 unspecified atom stereocenters. The quantitative estimate of drug-likeness (QED) is 0.791. The molecule has 0 heterocycles. The molecular formula is C15H23NO. The Morgan fingerprint density at radius 3 is 2.59 bits per heavy atom. The molecule has 1 aliphatic carbocycles. The standard InChI is InChI=1S/C15H23NO/c1-12(11-14-3-2-4-14)16-10-9-13-5-7-15(17)8-6-13/h5-8,12,14,16-17H,2-4,9-11H2,1H3. The highest BCUT2D eigenvalue weighted by atomic mass is 16.3. The average molecular weight is 233 g/mol. The Morgan fingerprint density at radius 2 is 2.00 bits per heavy atom. The van der Waals surface area contributed by atoms with Crippen molar-refractivity contribution in [3.8, 4) is 5.75 Å². The number of aromatic hydroxyl groups is 1. The Hall–Kier alpha value is -1.02. The van der Waals surface area contributed by atoms with Crippen LogP contribution in [-0.4, -0.2) is 17.7 Å². The van der Waals surface area contributed by atoms with Crippen molar-refractivity contribution >= 4 is 0 Å². The van der Waals surface area contributed by atoms with E-state index < -0.39 is 0 Å². The van der Waals surface area contributed by atoms with Crippen LogP contribution >= 0.6 is 0 Å². The Balaban J connectivity index is 1.62. The van der Waals surface area contributed by atoms with Crippen molar-refractivity contribution in [1.82, 2.24) is 5.32 Å². The summed E-state index contributed by atoms with van der Waals surface area (Å²) in [6.07, 6.45) is 6.67. The molecule has 0 amide bonds. The molecule has 1 aromatic rings. The molecule has 0 spiro atoms. The fourth-order valence-corrected chi connectivity index (χ4v) is 2.44. The maximum Gasteiger partial charge on any atom is 0.115 e. The Bertz CT molecular complexity index is 329. The van der Waals surface area contributed by atoms with E-state index in [1.807, 2.05) is 12.1 Å².